The third-order valence-electron chi connectivity index (χ3n) is 4.81. The smallest absolute Gasteiger partial charge is 0.310 e. The summed E-state index contributed by atoms with van der Waals surface area (Å²) in [5.74, 6) is 2.27. The Balaban J connectivity index is 2.27. The quantitative estimate of drug-likeness (QED) is 0.590. The molecule has 1 aliphatic heterocycles. The lowest BCUT2D eigenvalue weighted by Crippen LogP contribution is -2.50. The SMILES string of the molecule is COC(=O)[C@@H](C1SCCCS1)[C@H](C)[Si](C)(C)c1ccccc1. The van der Waals surface area contributed by atoms with E-state index >= 15 is 0 Å². The summed E-state index contributed by atoms with van der Waals surface area (Å²) in [6.07, 6.45) is 1.24. The highest BCUT2D eigenvalue weighted by molar-refractivity contribution is 8.17. The van der Waals surface area contributed by atoms with Gasteiger partial charge in [-0.3, -0.25) is 4.79 Å². The normalized spacial score (nSPS) is 19.5. The van der Waals surface area contributed by atoms with E-state index in [4.69, 9.17) is 4.74 Å². The largest absolute Gasteiger partial charge is 0.469 e. The van der Waals surface area contributed by atoms with Gasteiger partial charge in [-0.05, 0) is 23.5 Å². The molecule has 0 spiro atoms. The topological polar surface area (TPSA) is 26.3 Å². The van der Waals surface area contributed by atoms with Crippen molar-refractivity contribution in [2.45, 2.75) is 36.6 Å². The van der Waals surface area contributed by atoms with E-state index in [2.05, 4.69) is 50.3 Å². The highest BCUT2D eigenvalue weighted by Crippen LogP contribution is 2.44. The van der Waals surface area contributed by atoms with Crippen LogP contribution in [0.15, 0.2) is 30.3 Å². The first-order valence-corrected chi connectivity index (χ1v) is 13.0. The van der Waals surface area contributed by atoms with Crippen LogP contribution in [0, 0.1) is 5.92 Å². The number of thioether (sulfide) groups is 2. The molecule has 1 aliphatic rings. The number of rotatable bonds is 5. The van der Waals surface area contributed by atoms with E-state index in [1.54, 1.807) is 0 Å². The fourth-order valence-electron chi connectivity index (χ4n) is 2.98. The molecule has 5 heteroatoms. The number of carbonyl (C=O) groups excluding carboxylic acids is 1. The van der Waals surface area contributed by atoms with Gasteiger partial charge >= 0.3 is 5.97 Å². The van der Waals surface area contributed by atoms with E-state index in [1.807, 2.05) is 23.5 Å². The Kier molecular flexibility index (Phi) is 6.47. The van der Waals surface area contributed by atoms with Gasteiger partial charge in [0, 0.05) is 0 Å². The first kappa shape index (κ1) is 18.0. The van der Waals surface area contributed by atoms with E-state index in [-0.39, 0.29) is 11.9 Å². The van der Waals surface area contributed by atoms with Crippen molar-refractivity contribution < 1.29 is 9.53 Å². The molecule has 0 amide bonds. The van der Waals surface area contributed by atoms with Crippen LogP contribution < -0.4 is 5.19 Å². The average molecular weight is 355 g/mol. The van der Waals surface area contributed by atoms with Crippen molar-refractivity contribution in [3.05, 3.63) is 30.3 Å². The van der Waals surface area contributed by atoms with Gasteiger partial charge in [0.15, 0.2) is 0 Å². The van der Waals surface area contributed by atoms with E-state index in [9.17, 15) is 4.79 Å². The van der Waals surface area contributed by atoms with E-state index in [0.29, 0.717) is 10.1 Å². The maximum absolute atomic E-state index is 12.5. The number of hydrogen-bond acceptors (Lipinski definition) is 4. The Morgan fingerprint density at radius 1 is 1.23 bits per heavy atom. The van der Waals surface area contributed by atoms with Gasteiger partial charge in [-0.25, -0.2) is 0 Å². The number of methoxy groups -OCH3 is 1. The van der Waals surface area contributed by atoms with Gasteiger partial charge in [0.2, 0.25) is 0 Å². The lowest BCUT2D eigenvalue weighted by molar-refractivity contribution is -0.144. The molecule has 1 heterocycles. The molecule has 2 nitrogen and oxygen atoms in total. The molecule has 1 saturated heterocycles. The van der Waals surface area contributed by atoms with Gasteiger partial charge in [0.25, 0.3) is 0 Å². The average Bonchev–Trinajstić information content (AvgIpc) is 2.56. The Bertz CT molecular complexity index is 487. The number of esters is 1. The number of benzene rings is 1. The lowest BCUT2D eigenvalue weighted by atomic mass is 10.1. The minimum atomic E-state index is -1.74. The van der Waals surface area contributed by atoms with Crippen LogP contribution in [0.5, 0.6) is 0 Å². The van der Waals surface area contributed by atoms with Crippen LogP contribution in [0.1, 0.15) is 13.3 Å². The first-order chi connectivity index (χ1) is 10.5. The standard InChI is InChI=1S/C17H26O2S2Si/c1-13(22(3,4)14-9-6-5-7-10-14)15(16(18)19-2)17-20-11-8-12-21-17/h5-7,9-10,13,15,17H,8,11-12H2,1-4H3/t13-,15-/m0/s1. The summed E-state index contributed by atoms with van der Waals surface area (Å²) in [5, 5.41) is 1.42. The molecule has 2 atom stereocenters. The third-order valence-corrected chi connectivity index (χ3v) is 12.4. The van der Waals surface area contributed by atoms with Gasteiger partial charge in [-0.15, -0.1) is 23.5 Å². The van der Waals surface area contributed by atoms with Crippen molar-refractivity contribution in [1.29, 1.82) is 0 Å². The molecule has 1 aromatic rings. The molecule has 0 N–H and O–H groups in total. The summed E-state index contributed by atoms with van der Waals surface area (Å²) in [4.78, 5) is 12.5. The van der Waals surface area contributed by atoms with Gasteiger partial charge in [-0.2, -0.15) is 0 Å². The Morgan fingerprint density at radius 3 is 2.36 bits per heavy atom. The van der Waals surface area contributed by atoms with Crippen molar-refractivity contribution in [1.82, 2.24) is 0 Å². The molecule has 0 aromatic heterocycles. The van der Waals surface area contributed by atoms with Crippen LogP contribution in [0.2, 0.25) is 18.6 Å². The number of ether oxygens (including phenoxy) is 1. The van der Waals surface area contributed by atoms with Crippen molar-refractivity contribution >= 4 is 42.8 Å². The monoisotopic (exact) mass is 354 g/mol. The number of hydrogen-bond donors (Lipinski definition) is 0. The minimum absolute atomic E-state index is 0.0119. The molecule has 0 bridgehead atoms. The van der Waals surface area contributed by atoms with Crippen molar-refractivity contribution in [2.24, 2.45) is 5.92 Å². The molecule has 0 radical (unpaired) electrons. The van der Waals surface area contributed by atoms with Crippen LogP contribution in [0.3, 0.4) is 0 Å². The third kappa shape index (κ3) is 3.92. The van der Waals surface area contributed by atoms with Crippen LogP contribution in [0.4, 0.5) is 0 Å². The molecule has 1 aromatic carbocycles. The molecule has 122 valence electrons. The van der Waals surface area contributed by atoms with Crippen LogP contribution in [-0.4, -0.2) is 37.2 Å². The summed E-state index contributed by atoms with van der Waals surface area (Å²) in [6, 6.07) is 10.7. The molecule has 1 fully saturated rings. The van der Waals surface area contributed by atoms with Crippen LogP contribution >= 0.6 is 23.5 Å². The molecule has 0 aliphatic carbocycles. The van der Waals surface area contributed by atoms with E-state index in [1.165, 1.54) is 18.7 Å². The predicted molar refractivity (Wildman–Crippen MR) is 102 cm³/mol. The van der Waals surface area contributed by atoms with Crippen LogP contribution in [-0.2, 0) is 9.53 Å². The summed E-state index contributed by atoms with van der Waals surface area (Å²) < 4.78 is 5.51. The van der Waals surface area contributed by atoms with E-state index < -0.39 is 8.07 Å². The summed E-state index contributed by atoms with van der Waals surface area (Å²) in [7, 11) is -0.211. The zero-order chi connectivity index (χ0) is 16.2. The highest BCUT2D eigenvalue weighted by Gasteiger charge is 2.44. The van der Waals surface area contributed by atoms with Gasteiger partial charge in [0.05, 0.1) is 25.7 Å². The fraction of sp³-hybridized carbons (Fsp3) is 0.588. The van der Waals surface area contributed by atoms with Crippen molar-refractivity contribution in [2.75, 3.05) is 18.6 Å². The molecule has 2 rings (SSSR count). The number of carbonyl (C=O) groups is 1. The Morgan fingerprint density at radius 2 is 1.82 bits per heavy atom. The molecule has 0 saturated carbocycles. The lowest BCUT2D eigenvalue weighted by Gasteiger charge is -2.39. The Hall–Kier alpha value is -0.393. The summed E-state index contributed by atoms with van der Waals surface area (Å²) >= 11 is 3.88. The second-order valence-corrected chi connectivity index (χ2v) is 14.1. The predicted octanol–water partition coefficient (Wildman–Crippen LogP) is 3.98. The fourth-order valence-corrected chi connectivity index (χ4v) is 9.40. The maximum atomic E-state index is 12.5. The molecule has 0 unspecified atom stereocenters. The van der Waals surface area contributed by atoms with Crippen molar-refractivity contribution in [3.63, 3.8) is 0 Å². The first-order valence-electron chi connectivity index (χ1n) is 7.85. The van der Waals surface area contributed by atoms with Gasteiger partial charge < -0.3 is 4.74 Å². The highest BCUT2D eigenvalue weighted by atomic mass is 32.2. The minimum Gasteiger partial charge on any atom is -0.469 e. The van der Waals surface area contributed by atoms with Gasteiger partial charge in [0.1, 0.15) is 0 Å². The second kappa shape index (κ2) is 7.93. The molecular weight excluding hydrogens is 328 g/mol. The van der Waals surface area contributed by atoms with Gasteiger partial charge in [-0.1, -0.05) is 55.5 Å². The maximum Gasteiger partial charge on any atom is 0.310 e. The summed E-state index contributed by atoms with van der Waals surface area (Å²) in [5.41, 5.74) is 0.352. The molecule has 22 heavy (non-hydrogen) atoms. The van der Waals surface area contributed by atoms with Crippen molar-refractivity contribution in [3.8, 4) is 0 Å². The van der Waals surface area contributed by atoms with E-state index in [0.717, 1.165) is 11.5 Å². The molecular formula is C17H26O2S2Si. The zero-order valence-corrected chi connectivity index (χ0v) is 16.5. The Labute approximate surface area is 143 Å². The summed E-state index contributed by atoms with van der Waals surface area (Å²) in [6.45, 7) is 7.01. The second-order valence-electron chi connectivity index (χ2n) is 6.39. The zero-order valence-electron chi connectivity index (χ0n) is 13.9. The van der Waals surface area contributed by atoms with Crippen LogP contribution in [0.25, 0.3) is 0 Å².